The molecule has 0 radical (unpaired) electrons. The lowest BCUT2D eigenvalue weighted by atomic mass is 10.00. The first kappa shape index (κ1) is 25.2. The molecule has 5 nitrogen and oxygen atoms in total. The maximum atomic E-state index is 10.7. The molecule has 4 atom stereocenters. The molecule has 1 fully saturated rings. The van der Waals surface area contributed by atoms with E-state index in [1.165, 1.54) is 0 Å². The van der Waals surface area contributed by atoms with Crippen molar-refractivity contribution in [2.24, 2.45) is 0 Å². The number of ether oxygens (including phenoxy) is 4. The maximum absolute atomic E-state index is 10.7. The van der Waals surface area contributed by atoms with Gasteiger partial charge in [-0.2, -0.15) is 0 Å². The first-order valence-electron chi connectivity index (χ1n) is 12.6. The average molecular weight is 497 g/mol. The number of para-hydroxylation sites is 1. The van der Waals surface area contributed by atoms with E-state index in [0.29, 0.717) is 32.0 Å². The van der Waals surface area contributed by atoms with Gasteiger partial charge >= 0.3 is 0 Å². The zero-order chi connectivity index (χ0) is 25.3. The maximum Gasteiger partial charge on any atom is 0.121 e. The SMILES string of the molecule is Oc1ccccc1[C@H]1O[C@H](COCc2ccccc2)[C@@H](OCc2ccccc2)[C@H]1OCc1ccccc1. The van der Waals surface area contributed by atoms with Crippen molar-refractivity contribution in [3.63, 3.8) is 0 Å². The van der Waals surface area contributed by atoms with E-state index in [1.54, 1.807) is 12.1 Å². The summed E-state index contributed by atoms with van der Waals surface area (Å²) in [5, 5.41) is 10.7. The van der Waals surface area contributed by atoms with Crippen LogP contribution in [0.25, 0.3) is 0 Å². The molecule has 0 spiro atoms. The minimum atomic E-state index is -0.504. The number of phenols is 1. The van der Waals surface area contributed by atoms with Gasteiger partial charge in [-0.25, -0.2) is 0 Å². The quantitative estimate of drug-likeness (QED) is 0.267. The number of benzene rings is 4. The van der Waals surface area contributed by atoms with Gasteiger partial charge in [-0.1, -0.05) is 109 Å². The second-order valence-electron chi connectivity index (χ2n) is 9.18. The highest BCUT2D eigenvalue weighted by atomic mass is 16.6. The summed E-state index contributed by atoms with van der Waals surface area (Å²) in [5.74, 6) is 0.175. The monoisotopic (exact) mass is 496 g/mol. The highest BCUT2D eigenvalue weighted by Crippen LogP contribution is 2.41. The van der Waals surface area contributed by atoms with E-state index in [1.807, 2.05) is 103 Å². The Bertz CT molecular complexity index is 1220. The highest BCUT2D eigenvalue weighted by molar-refractivity contribution is 5.35. The first-order valence-corrected chi connectivity index (χ1v) is 12.6. The molecule has 1 heterocycles. The lowest BCUT2D eigenvalue weighted by Gasteiger charge is -2.25. The summed E-state index contributed by atoms with van der Waals surface area (Å²) in [6.45, 7) is 1.64. The number of rotatable bonds is 11. The fourth-order valence-electron chi connectivity index (χ4n) is 4.62. The van der Waals surface area contributed by atoms with E-state index in [2.05, 4.69) is 0 Å². The van der Waals surface area contributed by atoms with Crippen LogP contribution in [0.3, 0.4) is 0 Å². The normalized spacial score (nSPS) is 21.2. The molecule has 1 saturated heterocycles. The van der Waals surface area contributed by atoms with E-state index in [9.17, 15) is 5.11 Å². The number of phenolic OH excluding ortho intramolecular Hbond substituents is 1. The number of aromatic hydroxyl groups is 1. The molecule has 5 rings (SSSR count). The molecule has 0 saturated carbocycles. The van der Waals surface area contributed by atoms with E-state index in [0.717, 1.165) is 16.7 Å². The third-order valence-corrected chi connectivity index (χ3v) is 6.52. The van der Waals surface area contributed by atoms with Gasteiger partial charge in [0.05, 0.1) is 26.4 Å². The lowest BCUT2D eigenvalue weighted by molar-refractivity contribution is -0.0898. The van der Waals surface area contributed by atoms with Crippen LogP contribution in [0.2, 0.25) is 0 Å². The van der Waals surface area contributed by atoms with Crippen LogP contribution in [-0.4, -0.2) is 30.0 Å². The molecule has 4 aromatic rings. The van der Waals surface area contributed by atoms with Crippen molar-refractivity contribution in [3.05, 3.63) is 138 Å². The molecule has 190 valence electrons. The topological polar surface area (TPSA) is 57.2 Å². The van der Waals surface area contributed by atoms with Crippen molar-refractivity contribution in [1.29, 1.82) is 0 Å². The standard InChI is InChI=1S/C32H32O5/c33-28-19-11-10-18-27(28)30-32(36-22-26-16-8-3-9-17-26)31(35-21-25-14-6-2-7-15-25)29(37-30)23-34-20-24-12-4-1-5-13-24/h1-19,29-33H,20-23H2/t29-,30-,31-,32+/m1/s1. The van der Waals surface area contributed by atoms with Crippen LogP contribution < -0.4 is 0 Å². The number of hydrogen-bond acceptors (Lipinski definition) is 5. The summed E-state index contributed by atoms with van der Waals surface area (Å²) < 4.78 is 25.6. The van der Waals surface area contributed by atoms with Crippen molar-refractivity contribution in [1.82, 2.24) is 0 Å². The Morgan fingerprint density at radius 1 is 0.568 bits per heavy atom. The predicted molar refractivity (Wildman–Crippen MR) is 142 cm³/mol. The Hall–Kier alpha value is -3.48. The third kappa shape index (κ3) is 6.64. The van der Waals surface area contributed by atoms with E-state index >= 15 is 0 Å². The molecule has 0 bridgehead atoms. The van der Waals surface area contributed by atoms with E-state index in [4.69, 9.17) is 18.9 Å². The van der Waals surface area contributed by atoms with Crippen LogP contribution in [0, 0.1) is 0 Å². The molecule has 37 heavy (non-hydrogen) atoms. The fourth-order valence-corrected chi connectivity index (χ4v) is 4.62. The minimum absolute atomic E-state index is 0.175. The van der Waals surface area contributed by atoms with Crippen LogP contribution in [0.1, 0.15) is 28.4 Å². The van der Waals surface area contributed by atoms with Crippen LogP contribution >= 0.6 is 0 Å². The summed E-state index contributed by atoms with van der Waals surface area (Å²) in [6, 6.07) is 37.4. The Kier molecular flexibility index (Phi) is 8.62. The lowest BCUT2D eigenvalue weighted by Crippen LogP contribution is -2.37. The summed E-state index contributed by atoms with van der Waals surface area (Å²) in [5.41, 5.74) is 3.90. The molecule has 1 aliphatic rings. The van der Waals surface area contributed by atoms with Crippen molar-refractivity contribution < 1.29 is 24.1 Å². The van der Waals surface area contributed by atoms with Crippen LogP contribution in [0.5, 0.6) is 5.75 Å². The molecule has 0 aliphatic carbocycles. The Morgan fingerprint density at radius 3 is 1.62 bits per heavy atom. The van der Waals surface area contributed by atoms with Crippen LogP contribution in [0.15, 0.2) is 115 Å². The minimum Gasteiger partial charge on any atom is -0.508 e. The van der Waals surface area contributed by atoms with E-state index in [-0.39, 0.29) is 11.9 Å². The molecular weight excluding hydrogens is 464 g/mol. The molecule has 1 aliphatic heterocycles. The largest absolute Gasteiger partial charge is 0.508 e. The molecule has 5 heteroatoms. The number of hydrogen-bond donors (Lipinski definition) is 1. The summed E-state index contributed by atoms with van der Waals surface area (Å²) in [4.78, 5) is 0. The van der Waals surface area contributed by atoms with Crippen molar-refractivity contribution >= 4 is 0 Å². The average Bonchev–Trinajstić information content (AvgIpc) is 3.29. The summed E-state index contributed by atoms with van der Waals surface area (Å²) in [6.07, 6.45) is -1.72. The molecule has 1 N–H and O–H groups in total. The van der Waals surface area contributed by atoms with Crippen LogP contribution in [-0.2, 0) is 38.8 Å². The molecule has 0 aromatic heterocycles. The van der Waals surface area contributed by atoms with Crippen molar-refractivity contribution in [2.75, 3.05) is 6.61 Å². The highest BCUT2D eigenvalue weighted by Gasteiger charge is 2.47. The Morgan fingerprint density at radius 2 is 1.05 bits per heavy atom. The van der Waals surface area contributed by atoms with Gasteiger partial charge in [0.1, 0.15) is 30.2 Å². The third-order valence-electron chi connectivity index (χ3n) is 6.52. The second-order valence-corrected chi connectivity index (χ2v) is 9.18. The second kappa shape index (κ2) is 12.7. The molecule has 4 aromatic carbocycles. The van der Waals surface area contributed by atoms with Gasteiger partial charge in [0.2, 0.25) is 0 Å². The summed E-state index contributed by atoms with van der Waals surface area (Å²) >= 11 is 0. The summed E-state index contributed by atoms with van der Waals surface area (Å²) in [7, 11) is 0. The first-order chi connectivity index (χ1) is 18.3. The molecular formula is C32H32O5. The fraction of sp³-hybridized carbons (Fsp3) is 0.250. The van der Waals surface area contributed by atoms with E-state index < -0.39 is 18.3 Å². The van der Waals surface area contributed by atoms with Crippen LogP contribution in [0.4, 0.5) is 0 Å². The molecule has 0 amide bonds. The van der Waals surface area contributed by atoms with Crippen molar-refractivity contribution in [3.8, 4) is 5.75 Å². The van der Waals surface area contributed by atoms with Gasteiger partial charge in [0, 0.05) is 5.56 Å². The van der Waals surface area contributed by atoms with Gasteiger partial charge in [0.25, 0.3) is 0 Å². The van der Waals surface area contributed by atoms with Gasteiger partial charge < -0.3 is 24.1 Å². The van der Waals surface area contributed by atoms with Gasteiger partial charge in [-0.05, 0) is 22.8 Å². The van der Waals surface area contributed by atoms with Gasteiger partial charge in [-0.3, -0.25) is 0 Å². The zero-order valence-corrected chi connectivity index (χ0v) is 20.7. The van der Waals surface area contributed by atoms with Crippen molar-refractivity contribution in [2.45, 2.75) is 44.2 Å². The smallest absolute Gasteiger partial charge is 0.121 e. The predicted octanol–water partition coefficient (Wildman–Crippen LogP) is 6.22. The zero-order valence-electron chi connectivity index (χ0n) is 20.7. The Balaban J connectivity index is 1.38. The van der Waals surface area contributed by atoms with Gasteiger partial charge in [-0.15, -0.1) is 0 Å². The molecule has 0 unspecified atom stereocenters. The Labute approximate surface area is 218 Å². The van der Waals surface area contributed by atoms with Gasteiger partial charge in [0.15, 0.2) is 0 Å².